The number of phenolic OH excluding ortho intramolecular Hbond substituents is 2. The molecule has 0 heterocycles. The van der Waals surface area contributed by atoms with Crippen molar-refractivity contribution < 1.29 is 44.1 Å². The third-order valence-corrected chi connectivity index (χ3v) is 6.90. The summed E-state index contributed by atoms with van der Waals surface area (Å²) in [5.74, 6) is -5.17. The summed E-state index contributed by atoms with van der Waals surface area (Å²) < 4.78 is 0. The molecule has 0 spiro atoms. The predicted octanol–water partition coefficient (Wildman–Crippen LogP) is -0.954. The van der Waals surface area contributed by atoms with E-state index in [1.165, 1.54) is 38.1 Å². The molecule has 0 aliphatic heterocycles. The van der Waals surface area contributed by atoms with Crippen molar-refractivity contribution in [3.8, 4) is 11.5 Å². The highest BCUT2D eigenvalue weighted by molar-refractivity contribution is 5.96. The smallest absolute Gasteiger partial charge is 0.322 e. The van der Waals surface area contributed by atoms with E-state index in [0.717, 1.165) is 0 Å². The molecule has 0 radical (unpaired) electrons. The van der Waals surface area contributed by atoms with Gasteiger partial charge < -0.3 is 47.6 Å². The first-order valence-corrected chi connectivity index (χ1v) is 14.6. The molecule has 250 valence electrons. The minimum Gasteiger partial charge on any atom is -0.508 e. The van der Waals surface area contributed by atoms with Gasteiger partial charge in [-0.2, -0.15) is 0 Å². The van der Waals surface area contributed by atoms with Crippen LogP contribution in [0.4, 0.5) is 0 Å². The molecular formula is C31H42N6O9. The standard InChI is InChI=1S/C31H42N6O9/c1-16(2)26(31(46)35-17(3)27(42)33-15-25(40)41)37-30(45)24(14-20-7-11-22(39)12-8-20)36-28(43)18(4)34-29(44)23(32)13-19-5-9-21(38)10-6-19/h5-12,16-18,23-24,26,38-39H,13-15,32H2,1-4H3,(H,33,42)(H,34,44)(H,35,46)(H,36,43)(H,37,45)(H,40,41)/t17-,18-,23-,24-,26-/m1/s1. The number of rotatable bonds is 16. The zero-order chi connectivity index (χ0) is 34.6. The van der Waals surface area contributed by atoms with E-state index in [-0.39, 0.29) is 24.3 Å². The van der Waals surface area contributed by atoms with Gasteiger partial charge in [0, 0.05) is 6.42 Å². The zero-order valence-electron chi connectivity index (χ0n) is 26.1. The Morgan fingerprint density at radius 3 is 1.61 bits per heavy atom. The van der Waals surface area contributed by atoms with Gasteiger partial charge in [-0.1, -0.05) is 38.1 Å². The first-order valence-electron chi connectivity index (χ1n) is 14.6. The van der Waals surface area contributed by atoms with Crippen LogP contribution in [0.15, 0.2) is 48.5 Å². The first kappa shape index (κ1) is 37.0. The molecule has 0 aliphatic carbocycles. The van der Waals surface area contributed by atoms with Crippen molar-refractivity contribution in [2.75, 3.05) is 6.54 Å². The van der Waals surface area contributed by atoms with E-state index in [4.69, 9.17) is 10.8 Å². The van der Waals surface area contributed by atoms with Crippen LogP contribution in [0.2, 0.25) is 0 Å². The van der Waals surface area contributed by atoms with E-state index in [1.54, 1.807) is 38.1 Å². The Labute approximate surface area is 266 Å². The average molecular weight is 643 g/mol. The highest BCUT2D eigenvalue weighted by atomic mass is 16.4. The molecule has 2 aromatic rings. The second-order valence-corrected chi connectivity index (χ2v) is 11.2. The molecule has 0 aliphatic rings. The van der Waals surface area contributed by atoms with Crippen molar-refractivity contribution in [2.45, 2.75) is 70.7 Å². The van der Waals surface area contributed by atoms with Crippen LogP contribution in [-0.4, -0.2) is 87.6 Å². The van der Waals surface area contributed by atoms with Crippen molar-refractivity contribution in [1.29, 1.82) is 0 Å². The number of benzene rings is 2. The number of carbonyl (C=O) groups is 6. The van der Waals surface area contributed by atoms with Crippen molar-refractivity contribution >= 4 is 35.5 Å². The number of hydrogen-bond acceptors (Lipinski definition) is 9. The molecule has 2 rings (SSSR count). The Bertz CT molecular complexity index is 1380. The van der Waals surface area contributed by atoms with Gasteiger partial charge >= 0.3 is 5.97 Å². The van der Waals surface area contributed by atoms with Crippen molar-refractivity contribution in [1.82, 2.24) is 26.6 Å². The summed E-state index contributed by atoms with van der Waals surface area (Å²) in [5.41, 5.74) is 7.28. The number of amides is 5. The van der Waals surface area contributed by atoms with Gasteiger partial charge in [-0.3, -0.25) is 28.8 Å². The predicted molar refractivity (Wildman–Crippen MR) is 166 cm³/mol. The molecule has 0 saturated carbocycles. The summed E-state index contributed by atoms with van der Waals surface area (Å²) in [7, 11) is 0. The van der Waals surface area contributed by atoms with Gasteiger partial charge in [0.05, 0.1) is 6.04 Å². The van der Waals surface area contributed by atoms with Crippen LogP contribution >= 0.6 is 0 Å². The molecule has 0 unspecified atom stereocenters. The minimum atomic E-state index is -1.26. The molecule has 0 aromatic heterocycles. The number of aliphatic carboxylic acids is 1. The molecule has 2 aromatic carbocycles. The second kappa shape index (κ2) is 17.3. The molecule has 5 amide bonds. The van der Waals surface area contributed by atoms with Gasteiger partial charge in [-0.05, 0) is 61.6 Å². The van der Waals surface area contributed by atoms with Crippen LogP contribution in [-0.2, 0) is 41.6 Å². The van der Waals surface area contributed by atoms with Gasteiger partial charge in [-0.25, -0.2) is 0 Å². The summed E-state index contributed by atoms with van der Waals surface area (Å²) in [6.45, 7) is 5.45. The number of aromatic hydroxyl groups is 2. The highest BCUT2D eigenvalue weighted by Crippen LogP contribution is 2.13. The Hall–Kier alpha value is -5.18. The maximum absolute atomic E-state index is 13.5. The third-order valence-electron chi connectivity index (χ3n) is 6.90. The number of phenols is 2. The third kappa shape index (κ3) is 12.1. The summed E-state index contributed by atoms with van der Waals surface area (Å²) in [4.78, 5) is 75.3. The Balaban J connectivity index is 2.14. The van der Waals surface area contributed by atoms with E-state index >= 15 is 0 Å². The Morgan fingerprint density at radius 1 is 0.630 bits per heavy atom. The van der Waals surface area contributed by atoms with Crippen molar-refractivity contribution in [3.05, 3.63) is 59.7 Å². The van der Waals surface area contributed by atoms with E-state index in [1.807, 2.05) is 0 Å². The maximum atomic E-state index is 13.5. The fraction of sp³-hybridized carbons (Fsp3) is 0.419. The molecule has 0 bridgehead atoms. The van der Waals surface area contributed by atoms with E-state index in [0.29, 0.717) is 11.1 Å². The van der Waals surface area contributed by atoms with Crippen molar-refractivity contribution in [2.24, 2.45) is 11.7 Å². The number of hydrogen-bond donors (Lipinski definition) is 9. The van der Waals surface area contributed by atoms with Gasteiger partial charge in [0.2, 0.25) is 29.5 Å². The molecule has 5 atom stereocenters. The van der Waals surface area contributed by atoms with E-state index in [2.05, 4.69) is 26.6 Å². The minimum absolute atomic E-state index is 0.00758. The Kier molecular flexibility index (Phi) is 14.0. The molecule has 46 heavy (non-hydrogen) atoms. The number of carboxylic acid groups (broad SMARTS) is 1. The summed E-state index contributed by atoms with van der Waals surface area (Å²) in [5, 5.41) is 40.2. The average Bonchev–Trinajstić information content (AvgIpc) is 2.99. The van der Waals surface area contributed by atoms with Crippen LogP contribution in [0.1, 0.15) is 38.8 Å². The van der Waals surface area contributed by atoms with E-state index in [9.17, 15) is 39.0 Å². The molecular weight excluding hydrogens is 600 g/mol. The summed E-state index contributed by atoms with van der Waals surface area (Å²) in [6.07, 6.45) is 0.101. The lowest BCUT2D eigenvalue weighted by molar-refractivity contribution is -0.138. The van der Waals surface area contributed by atoms with Crippen LogP contribution in [0.3, 0.4) is 0 Å². The normalized spacial score (nSPS) is 14.1. The quantitative estimate of drug-likeness (QED) is 0.109. The van der Waals surface area contributed by atoms with E-state index < -0.39 is 78.2 Å². The van der Waals surface area contributed by atoms with Gasteiger partial charge in [0.15, 0.2) is 0 Å². The van der Waals surface area contributed by atoms with Crippen molar-refractivity contribution in [3.63, 3.8) is 0 Å². The molecule has 15 heteroatoms. The van der Waals surface area contributed by atoms with Crippen LogP contribution in [0, 0.1) is 5.92 Å². The lowest BCUT2D eigenvalue weighted by Gasteiger charge is -2.27. The molecule has 0 saturated heterocycles. The summed E-state index contributed by atoms with van der Waals surface area (Å²) >= 11 is 0. The lowest BCUT2D eigenvalue weighted by atomic mass is 10.0. The number of carboxylic acids is 1. The lowest BCUT2D eigenvalue weighted by Crippen LogP contribution is -2.59. The SMILES string of the molecule is CC(C)[C@@H](NC(=O)[C@@H](Cc1ccc(O)cc1)NC(=O)[C@@H](C)NC(=O)[C@H](N)Cc1ccc(O)cc1)C(=O)N[C@H](C)C(=O)NCC(=O)O. The monoisotopic (exact) mass is 642 g/mol. The highest BCUT2D eigenvalue weighted by Gasteiger charge is 2.31. The first-order chi connectivity index (χ1) is 21.6. The maximum Gasteiger partial charge on any atom is 0.322 e. The largest absolute Gasteiger partial charge is 0.508 e. The number of nitrogens with one attached hydrogen (secondary N) is 5. The molecule has 10 N–H and O–H groups in total. The van der Waals surface area contributed by atoms with Gasteiger partial charge in [-0.15, -0.1) is 0 Å². The van der Waals surface area contributed by atoms with Crippen LogP contribution in [0.5, 0.6) is 11.5 Å². The fourth-order valence-electron chi connectivity index (χ4n) is 4.21. The van der Waals surface area contributed by atoms with Crippen LogP contribution in [0.25, 0.3) is 0 Å². The number of nitrogens with two attached hydrogens (primary N) is 1. The number of carbonyl (C=O) groups excluding carboxylic acids is 5. The molecule has 15 nitrogen and oxygen atoms in total. The van der Waals surface area contributed by atoms with Gasteiger partial charge in [0.25, 0.3) is 0 Å². The molecule has 0 fully saturated rings. The zero-order valence-corrected chi connectivity index (χ0v) is 26.1. The Morgan fingerprint density at radius 2 is 1.11 bits per heavy atom. The van der Waals surface area contributed by atoms with Crippen LogP contribution < -0.4 is 32.3 Å². The topological polar surface area (TPSA) is 249 Å². The summed E-state index contributed by atoms with van der Waals surface area (Å²) in [6, 6.07) is 6.49. The second-order valence-electron chi connectivity index (χ2n) is 11.2. The van der Waals surface area contributed by atoms with Gasteiger partial charge in [0.1, 0.15) is 42.2 Å². The fourth-order valence-corrected chi connectivity index (χ4v) is 4.21.